The Morgan fingerprint density at radius 3 is 2.85 bits per heavy atom. The molecule has 0 aromatic rings. The fourth-order valence-corrected chi connectivity index (χ4v) is 2.13. The average Bonchev–Trinajstić information content (AvgIpc) is 2.20. The van der Waals surface area contributed by atoms with E-state index in [4.69, 9.17) is 4.84 Å². The van der Waals surface area contributed by atoms with Crippen molar-refractivity contribution >= 4 is 0 Å². The van der Waals surface area contributed by atoms with Crippen LogP contribution >= 0.6 is 0 Å². The summed E-state index contributed by atoms with van der Waals surface area (Å²) in [5.74, 6) is 0. The molecule has 0 radical (unpaired) electrons. The lowest BCUT2D eigenvalue weighted by atomic mass is 10.0. The number of hydrogen-bond donors (Lipinski definition) is 1. The number of nitrogens with one attached hydrogen (secondary N) is 1. The molecule has 0 aromatic heterocycles. The van der Waals surface area contributed by atoms with Crippen molar-refractivity contribution in [3.05, 3.63) is 0 Å². The first kappa shape index (κ1) is 9.44. The van der Waals surface area contributed by atoms with Crippen LogP contribution in [-0.4, -0.2) is 36.8 Å². The molecule has 3 heteroatoms. The van der Waals surface area contributed by atoms with Crippen LogP contribution in [0, 0.1) is 0 Å². The predicted molar refractivity (Wildman–Crippen MR) is 52.4 cm³/mol. The van der Waals surface area contributed by atoms with E-state index < -0.39 is 0 Å². The molecule has 0 bridgehead atoms. The Bertz CT molecular complexity index is 149. The van der Waals surface area contributed by atoms with E-state index in [0.29, 0.717) is 12.1 Å². The Labute approximate surface area is 80.4 Å². The van der Waals surface area contributed by atoms with Gasteiger partial charge in [0.2, 0.25) is 0 Å². The van der Waals surface area contributed by atoms with Crippen LogP contribution in [0.5, 0.6) is 0 Å². The van der Waals surface area contributed by atoms with Gasteiger partial charge in [-0.3, -0.25) is 4.84 Å². The maximum absolute atomic E-state index is 5.65. The number of hydroxylamine groups is 2. The van der Waals surface area contributed by atoms with Crippen LogP contribution in [-0.2, 0) is 4.84 Å². The molecule has 2 rings (SSSR count). The summed E-state index contributed by atoms with van der Waals surface area (Å²) in [6.45, 7) is 5.40. The van der Waals surface area contributed by atoms with Crippen LogP contribution < -0.4 is 5.32 Å². The zero-order chi connectivity index (χ0) is 9.10. The summed E-state index contributed by atoms with van der Waals surface area (Å²) in [6, 6.07) is 1.32. The van der Waals surface area contributed by atoms with Gasteiger partial charge in [-0.25, -0.2) is 0 Å². The van der Waals surface area contributed by atoms with Crippen molar-refractivity contribution in [1.29, 1.82) is 0 Å². The van der Waals surface area contributed by atoms with E-state index in [2.05, 4.69) is 17.3 Å². The summed E-state index contributed by atoms with van der Waals surface area (Å²) in [7, 11) is 0. The highest BCUT2D eigenvalue weighted by atomic mass is 16.7. The van der Waals surface area contributed by atoms with Crippen molar-refractivity contribution < 1.29 is 4.84 Å². The van der Waals surface area contributed by atoms with Gasteiger partial charge < -0.3 is 5.32 Å². The fourth-order valence-electron chi connectivity index (χ4n) is 2.13. The van der Waals surface area contributed by atoms with Crippen molar-refractivity contribution in [3.63, 3.8) is 0 Å². The third-order valence-electron chi connectivity index (χ3n) is 3.07. The van der Waals surface area contributed by atoms with Crippen molar-refractivity contribution in [2.75, 3.05) is 19.7 Å². The summed E-state index contributed by atoms with van der Waals surface area (Å²) in [6.07, 6.45) is 5.10. The van der Waals surface area contributed by atoms with Crippen LogP contribution in [0.2, 0.25) is 0 Å². The van der Waals surface area contributed by atoms with E-state index in [1.165, 1.54) is 25.7 Å². The highest BCUT2D eigenvalue weighted by Gasteiger charge is 2.25. The van der Waals surface area contributed by atoms with E-state index >= 15 is 0 Å². The van der Waals surface area contributed by atoms with Gasteiger partial charge in [0.05, 0.1) is 6.61 Å². The molecule has 0 saturated carbocycles. The minimum Gasteiger partial charge on any atom is -0.313 e. The molecule has 0 aliphatic carbocycles. The van der Waals surface area contributed by atoms with E-state index in [1.54, 1.807) is 0 Å². The van der Waals surface area contributed by atoms with Gasteiger partial charge in [-0.2, -0.15) is 5.06 Å². The van der Waals surface area contributed by atoms with Crippen LogP contribution in [0.25, 0.3) is 0 Å². The topological polar surface area (TPSA) is 24.5 Å². The minimum atomic E-state index is 0.622. The summed E-state index contributed by atoms with van der Waals surface area (Å²) in [5, 5.41) is 5.70. The van der Waals surface area contributed by atoms with Crippen molar-refractivity contribution in [2.24, 2.45) is 0 Å². The second-order valence-corrected chi connectivity index (χ2v) is 4.22. The molecule has 0 aromatic carbocycles. The van der Waals surface area contributed by atoms with Crippen molar-refractivity contribution in [2.45, 2.75) is 44.7 Å². The Morgan fingerprint density at radius 2 is 2.23 bits per heavy atom. The minimum absolute atomic E-state index is 0.622. The maximum atomic E-state index is 5.65. The summed E-state index contributed by atoms with van der Waals surface area (Å²) in [5.41, 5.74) is 0. The average molecular weight is 184 g/mol. The molecule has 2 aliphatic heterocycles. The monoisotopic (exact) mass is 184 g/mol. The van der Waals surface area contributed by atoms with Crippen LogP contribution in [0.15, 0.2) is 0 Å². The number of nitrogens with zero attached hydrogens (tertiary/aromatic N) is 1. The molecule has 2 fully saturated rings. The van der Waals surface area contributed by atoms with E-state index in [9.17, 15) is 0 Å². The molecule has 2 unspecified atom stereocenters. The lowest BCUT2D eigenvalue weighted by molar-refractivity contribution is -0.209. The van der Waals surface area contributed by atoms with Gasteiger partial charge in [0.15, 0.2) is 0 Å². The first-order chi connectivity index (χ1) is 6.36. The highest BCUT2D eigenvalue weighted by molar-refractivity contribution is 4.79. The molecule has 0 amide bonds. The smallest absolute Gasteiger partial charge is 0.0685 e. The second kappa shape index (κ2) is 4.40. The molecule has 2 heterocycles. The largest absolute Gasteiger partial charge is 0.313 e. The van der Waals surface area contributed by atoms with E-state index in [1.807, 2.05) is 0 Å². The zero-order valence-electron chi connectivity index (χ0n) is 8.46. The lowest BCUT2D eigenvalue weighted by Crippen LogP contribution is -2.50. The standard InChI is InChI=1S/C10H20N2O/c1-9-4-5-10(8-11-9)12-6-2-3-7-13-12/h9-11H,2-8H2,1H3. The zero-order valence-corrected chi connectivity index (χ0v) is 8.46. The Morgan fingerprint density at radius 1 is 1.31 bits per heavy atom. The molecule has 2 saturated heterocycles. The quantitative estimate of drug-likeness (QED) is 0.661. The van der Waals surface area contributed by atoms with Crippen LogP contribution in [0.1, 0.15) is 32.6 Å². The van der Waals surface area contributed by atoms with Gasteiger partial charge in [-0.15, -0.1) is 0 Å². The lowest BCUT2D eigenvalue weighted by Gasteiger charge is -2.37. The van der Waals surface area contributed by atoms with Gasteiger partial charge in [0.25, 0.3) is 0 Å². The van der Waals surface area contributed by atoms with Gasteiger partial charge in [-0.1, -0.05) is 0 Å². The van der Waals surface area contributed by atoms with Gasteiger partial charge in [-0.05, 0) is 32.6 Å². The number of hydrogen-bond acceptors (Lipinski definition) is 3. The van der Waals surface area contributed by atoms with Crippen LogP contribution in [0.4, 0.5) is 0 Å². The normalized spacial score (nSPS) is 37.6. The summed E-state index contributed by atoms with van der Waals surface area (Å²) < 4.78 is 0. The Balaban J connectivity index is 1.79. The molecule has 13 heavy (non-hydrogen) atoms. The molecule has 1 N–H and O–H groups in total. The van der Waals surface area contributed by atoms with Crippen LogP contribution in [0.3, 0.4) is 0 Å². The highest BCUT2D eigenvalue weighted by Crippen LogP contribution is 2.17. The first-order valence-corrected chi connectivity index (χ1v) is 5.49. The molecule has 2 aliphatic rings. The van der Waals surface area contributed by atoms with Gasteiger partial charge in [0.1, 0.15) is 0 Å². The fraction of sp³-hybridized carbons (Fsp3) is 1.00. The van der Waals surface area contributed by atoms with Crippen molar-refractivity contribution in [1.82, 2.24) is 10.4 Å². The molecule has 76 valence electrons. The van der Waals surface area contributed by atoms with Gasteiger partial charge in [0, 0.05) is 25.2 Å². The molecular formula is C10H20N2O. The molecular weight excluding hydrogens is 164 g/mol. The third kappa shape index (κ3) is 2.42. The molecule has 3 nitrogen and oxygen atoms in total. The molecule has 0 spiro atoms. The third-order valence-corrected chi connectivity index (χ3v) is 3.07. The van der Waals surface area contributed by atoms with E-state index in [-0.39, 0.29) is 0 Å². The Kier molecular flexibility index (Phi) is 3.19. The van der Waals surface area contributed by atoms with Gasteiger partial charge >= 0.3 is 0 Å². The predicted octanol–water partition coefficient (Wildman–Crippen LogP) is 1.15. The molecule has 2 atom stereocenters. The summed E-state index contributed by atoms with van der Waals surface area (Å²) in [4.78, 5) is 5.65. The second-order valence-electron chi connectivity index (χ2n) is 4.22. The maximum Gasteiger partial charge on any atom is 0.0685 e. The number of piperidine rings is 1. The summed E-state index contributed by atoms with van der Waals surface area (Å²) >= 11 is 0. The SMILES string of the molecule is CC1CCC(N2CCCCO2)CN1. The Hall–Kier alpha value is -0.120. The number of rotatable bonds is 1. The van der Waals surface area contributed by atoms with E-state index in [0.717, 1.165) is 19.7 Å². The van der Waals surface area contributed by atoms with Crippen molar-refractivity contribution in [3.8, 4) is 0 Å². The first-order valence-electron chi connectivity index (χ1n) is 5.49.